The maximum Gasteiger partial charge on any atom is 0.245 e. The molecule has 2 aromatic carbocycles. The molecule has 1 saturated heterocycles. The number of aromatic nitrogens is 1. The molecule has 6 nitrogen and oxygen atoms in total. The lowest BCUT2D eigenvalue weighted by molar-refractivity contribution is 0.151. The van der Waals surface area contributed by atoms with E-state index in [1.165, 1.54) is 0 Å². The molecule has 1 aliphatic heterocycles. The molecule has 2 heterocycles. The van der Waals surface area contributed by atoms with Gasteiger partial charge in [0.1, 0.15) is 4.90 Å². The Bertz CT molecular complexity index is 1280. The van der Waals surface area contributed by atoms with Crippen molar-refractivity contribution in [1.29, 1.82) is 5.26 Å². The molecule has 1 aliphatic carbocycles. The number of sulfonamides is 1. The molecule has 0 N–H and O–H groups in total. The van der Waals surface area contributed by atoms with Gasteiger partial charge in [0.15, 0.2) is 0 Å². The first-order chi connectivity index (χ1) is 16.0. The number of hydrogen-bond donors (Lipinski definition) is 0. The number of fused-ring (bicyclic) bond motifs is 1. The highest BCUT2D eigenvalue weighted by molar-refractivity contribution is 7.89. The summed E-state index contributed by atoms with van der Waals surface area (Å²) in [4.78, 5) is 7.08. The molecule has 2 aliphatic rings. The Balaban J connectivity index is 1.35. The molecule has 0 unspecified atom stereocenters. The van der Waals surface area contributed by atoms with Crippen molar-refractivity contribution < 1.29 is 8.42 Å². The lowest BCUT2D eigenvalue weighted by atomic mass is 10.0. The van der Waals surface area contributed by atoms with Crippen molar-refractivity contribution in [2.45, 2.75) is 43.2 Å². The molecular weight excluding hydrogens is 432 g/mol. The van der Waals surface area contributed by atoms with Crippen molar-refractivity contribution in [2.75, 3.05) is 19.6 Å². The highest BCUT2D eigenvalue weighted by Gasteiger charge is 2.38. The number of benzene rings is 2. The van der Waals surface area contributed by atoms with Gasteiger partial charge in [0.25, 0.3) is 0 Å². The highest BCUT2D eigenvalue weighted by Crippen LogP contribution is 2.35. The molecule has 33 heavy (non-hydrogen) atoms. The largest absolute Gasteiger partial charge is 0.299 e. The van der Waals surface area contributed by atoms with E-state index in [-0.39, 0.29) is 6.04 Å². The molecule has 0 bridgehead atoms. The third-order valence-electron chi connectivity index (χ3n) is 6.74. The molecule has 0 atom stereocenters. The van der Waals surface area contributed by atoms with Gasteiger partial charge in [-0.1, -0.05) is 30.3 Å². The second-order valence-corrected chi connectivity index (χ2v) is 11.0. The number of pyridine rings is 1. The van der Waals surface area contributed by atoms with Gasteiger partial charge in [0.2, 0.25) is 10.0 Å². The van der Waals surface area contributed by atoms with Crippen LogP contribution in [0.3, 0.4) is 0 Å². The van der Waals surface area contributed by atoms with Crippen LogP contribution in [0.2, 0.25) is 0 Å². The Morgan fingerprint density at radius 1 is 1.03 bits per heavy atom. The zero-order valence-electron chi connectivity index (χ0n) is 18.6. The molecule has 170 valence electrons. The van der Waals surface area contributed by atoms with Crippen molar-refractivity contribution in [3.8, 4) is 6.07 Å². The van der Waals surface area contributed by atoms with Crippen LogP contribution in [0.4, 0.5) is 0 Å². The average Bonchev–Trinajstić information content (AvgIpc) is 3.67. The van der Waals surface area contributed by atoms with E-state index in [9.17, 15) is 8.42 Å². The van der Waals surface area contributed by atoms with Gasteiger partial charge in [-0.3, -0.25) is 9.88 Å². The van der Waals surface area contributed by atoms with Crippen LogP contribution in [0.5, 0.6) is 0 Å². The summed E-state index contributed by atoms with van der Waals surface area (Å²) in [7, 11) is -3.65. The lowest BCUT2D eigenvalue weighted by Gasteiger charge is -2.38. The third kappa shape index (κ3) is 4.79. The van der Waals surface area contributed by atoms with Crippen molar-refractivity contribution in [2.24, 2.45) is 5.92 Å². The van der Waals surface area contributed by atoms with E-state index in [2.05, 4.69) is 16.0 Å². The first-order valence-corrected chi connectivity index (χ1v) is 13.1. The summed E-state index contributed by atoms with van der Waals surface area (Å²) in [5, 5.41) is 9.99. The standard InChI is InChI=1S/C26H28N4O2S/c27-17-21-4-1-5-22(16-21)18-29-14-11-24(12-15-29)30(19-20-9-10-20)33(31,32)25-8-2-6-23-7-3-13-28-26(23)25/h1-8,13,16,20,24H,9-12,14-15,18-19H2. The summed E-state index contributed by atoms with van der Waals surface area (Å²) in [6.45, 7) is 3.06. The van der Waals surface area contributed by atoms with Gasteiger partial charge in [-0.2, -0.15) is 9.57 Å². The van der Waals surface area contributed by atoms with E-state index in [0.717, 1.165) is 56.3 Å². The van der Waals surface area contributed by atoms with E-state index >= 15 is 0 Å². The zero-order chi connectivity index (χ0) is 22.8. The molecule has 2 fully saturated rings. The highest BCUT2D eigenvalue weighted by atomic mass is 32.2. The maximum absolute atomic E-state index is 13.9. The second kappa shape index (κ2) is 9.22. The quantitative estimate of drug-likeness (QED) is 0.529. The Kier molecular flexibility index (Phi) is 6.15. The summed E-state index contributed by atoms with van der Waals surface area (Å²) in [6, 6.07) is 19.1. The van der Waals surface area contributed by atoms with E-state index in [1.807, 2.05) is 48.5 Å². The van der Waals surface area contributed by atoms with Gasteiger partial charge in [0.05, 0.1) is 17.1 Å². The molecule has 0 amide bonds. The summed E-state index contributed by atoms with van der Waals surface area (Å²) in [5.41, 5.74) is 2.35. The summed E-state index contributed by atoms with van der Waals surface area (Å²) >= 11 is 0. The summed E-state index contributed by atoms with van der Waals surface area (Å²) in [6.07, 6.45) is 5.48. The molecule has 7 heteroatoms. The minimum atomic E-state index is -3.65. The number of likely N-dealkylation sites (tertiary alicyclic amines) is 1. The van der Waals surface area contributed by atoms with Crippen LogP contribution in [0.25, 0.3) is 10.9 Å². The fourth-order valence-corrected chi connectivity index (χ4v) is 6.70. The molecule has 0 spiro atoms. The molecular formula is C26H28N4O2S. The minimum absolute atomic E-state index is 0.00346. The Hall–Kier alpha value is -2.79. The van der Waals surface area contributed by atoms with Gasteiger partial charge in [-0.05, 0) is 61.4 Å². The van der Waals surface area contributed by atoms with Crippen molar-refractivity contribution in [3.05, 3.63) is 71.9 Å². The van der Waals surface area contributed by atoms with Crippen LogP contribution in [0.15, 0.2) is 65.7 Å². The van der Waals surface area contributed by atoms with Gasteiger partial charge in [-0.15, -0.1) is 0 Å². The Labute approximate surface area is 195 Å². The Morgan fingerprint density at radius 3 is 2.55 bits per heavy atom. The van der Waals surface area contributed by atoms with Crippen LogP contribution >= 0.6 is 0 Å². The van der Waals surface area contributed by atoms with Gasteiger partial charge < -0.3 is 0 Å². The van der Waals surface area contributed by atoms with Crippen molar-refractivity contribution in [3.63, 3.8) is 0 Å². The number of piperidine rings is 1. The van der Waals surface area contributed by atoms with E-state index < -0.39 is 10.0 Å². The fourth-order valence-electron chi connectivity index (χ4n) is 4.77. The predicted molar refractivity (Wildman–Crippen MR) is 128 cm³/mol. The second-order valence-electron chi connectivity index (χ2n) is 9.17. The molecule has 5 rings (SSSR count). The van der Waals surface area contributed by atoms with Crippen molar-refractivity contribution >= 4 is 20.9 Å². The van der Waals surface area contributed by atoms with E-state index in [1.54, 1.807) is 16.6 Å². The number of hydrogen-bond acceptors (Lipinski definition) is 5. The molecule has 3 aromatic rings. The van der Waals surface area contributed by atoms with Gasteiger partial charge in [-0.25, -0.2) is 8.42 Å². The van der Waals surface area contributed by atoms with Crippen LogP contribution in [-0.4, -0.2) is 48.3 Å². The molecule has 1 aromatic heterocycles. The monoisotopic (exact) mass is 460 g/mol. The topological polar surface area (TPSA) is 77.3 Å². The summed E-state index contributed by atoms with van der Waals surface area (Å²) < 4.78 is 29.6. The smallest absolute Gasteiger partial charge is 0.245 e. The normalized spacial score (nSPS) is 17.9. The molecule has 0 radical (unpaired) electrons. The minimum Gasteiger partial charge on any atom is -0.299 e. The van der Waals surface area contributed by atoms with Crippen LogP contribution < -0.4 is 0 Å². The first-order valence-electron chi connectivity index (χ1n) is 11.6. The number of nitriles is 1. The molecule has 1 saturated carbocycles. The fraction of sp³-hybridized carbons (Fsp3) is 0.385. The Morgan fingerprint density at radius 2 is 1.79 bits per heavy atom. The zero-order valence-corrected chi connectivity index (χ0v) is 19.4. The van der Waals surface area contributed by atoms with Gasteiger partial charge >= 0.3 is 0 Å². The SMILES string of the molecule is N#Cc1cccc(CN2CCC(N(CC3CC3)S(=O)(=O)c3cccc4cccnc34)CC2)c1. The van der Waals surface area contributed by atoms with Gasteiger partial charge in [0, 0.05) is 43.8 Å². The predicted octanol–water partition coefficient (Wildman–Crippen LogP) is 4.17. The summed E-state index contributed by atoms with van der Waals surface area (Å²) in [5.74, 6) is 0.467. The number of para-hydroxylation sites is 1. The lowest BCUT2D eigenvalue weighted by Crippen LogP contribution is -2.48. The van der Waals surface area contributed by atoms with E-state index in [4.69, 9.17) is 5.26 Å². The first kappa shape index (κ1) is 22.0. The average molecular weight is 461 g/mol. The van der Waals surface area contributed by atoms with Crippen LogP contribution in [-0.2, 0) is 16.6 Å². The van der Waals surface area contributed by atoms with Crippen LogP contribution in [0.1, 0.15) is 36.8 Å². The number of nitrogens with zero attached hydrogens (tertiary/aromatic N) is 4. The van der Waals surface area contributed by atoms with Crippen molar-refractivity contribution in [1.82, 2.24) is 14.2 Å². The maximum atomic E-state index is 13.9. The third-order valence-corrected chi connectivity index (χ3v) is 8.69. The van der Waals surface area contributed by atoms with E-state index in [0.29, 0.717) is 28.4 Å². The van der Waals surface area contributed by atoms with Crippen LogP contribution in [0, 0.1) is 17.2 Å². The number of rotatable bonds is 7.